The Balaban J connectivity index is 2.04. The number of anilines is 1. The van der Waals surface area contributed by atoms with E-state index >= 15 is 0 Å². The molecule has 5 heteroatoms. The van der Waals surface area contributed by atoms with E-state index in [1.165, 1.54) is 16.2 Å². The molecule has 1 aromatic heterocycles. The lowest BCUT2D eigenvalue weighted by molar-refractivity contribution is 0.669. The van der Waals surface area contributed by atoms with Crippen molar-refractivity contribution in [3.05, 3.63) is 58.5 Å². The standard InChI is InChI=1S/C16H20N2O2S/c1-12(2)13-3-6-15(7-4-13)21(20)10-9-18-11-14(17)5-8-16(18)19/h3-8,11-12H,9-10,17H2,1-2H3. The number of nitrogen functional groups attached to an aromatic ring is 1. The predicted molar refractivity (Wildman–Crippen MR) is 86.9 cm³/mol. The average Bonchev–Trinajstić information content (AvgIpc) is 2.48. The quantitative estimate of drug-likeness (QED) is 0.922. The van der Waals surface area contributed by atoms with E-state index in [-0.39, 0.29) is 5.56 Å². The number of hydrogen-bond donors (Lipinski definition) is 1. The zero-order valence-corrected chi connectivity index (χ0v) is 13.1. The van der Waals surface area contributed by atoms with Gasteiger partial charge in [-0.25, -0.2) is 0 Å². The number of rotatable bonds is 5. The fraction of sp³-hybridized carbons (Fsp3) is 0.312. The Kier molecular flexibility index (Phi) is 4.96. The van der Waals surface area contributed by atoms with Crippen LogP contribution < -0.4 is 11.3 Å². The zero-order chi connectivity index (χ0) is 15.4. The highest BCUT2D eigenvalue weighted by Gasteiger charge is 2.06. The van der Waals surface area contributed by atoms with Crippen molar-refractivity contribution < 1.29 is 4.21 Å². The first-order chi connectivity index (χ1) is 9.97. The van der Waals surface area contributed by atoms with Crippen LogP contribution in [0, 0.1) is 0 Å². The molecule has 0 saturated heterocycles. The molecule has 4 nitrogen and oxygen atoms in total. The van der Waals surface area contributed by atoms with Gasteiger partial charge in [-0.2, -0.15) is 0 Å². The molecule has 21 heavy (non-hydrogen) atoms. The van der Waals surface area contributed by atoms with E-state index in [4.69, 9.17) is 5.73 Å². The second-order valence-electron chi connectivity index (χ2n) is 5.27. The van der Waals surface area contributed by atoms with Gasteiger partial charge in [-0.3, -0.25) is 9.00 Å². The van der Waals surface area contributed by atoms with Crippen LogP contribution in [-0.4, -0.2) is 14.5 Å². The van der Waals surface area contributed by atoms with Gasteiger partial charge in [0.05, 0.1) is 10.8 Å². The lowest BCUT2D eigenvalue weighted by atomic mass is 10.0. The third kappa shape index (κ3) is 4.04. The molecule has 1 atom stereocenters. The molecule has 0 saturated carbocycles. The largest absolute Gasteiger partial charge is 0.398 e. The highest BCUT2D eigenvalue weighted by atomic mass is 32.2. The van der Waals surface area contributed by atoms with Crippen LogP contribution in [0.3, 0.4) is 0 Å². The van der Waals surface area contributed by atoms with Crippen molar-refractivity contribution in [3.63, 3.8) is 0 Å². The van der Waals surface area contributed by atoms with E-state index in [2.05, 4.69) is 13.8 Å². The number of pyridine rings is 1. The van der Waals surface area contributed by atoms with Gasteiger partial charge in [-0.15, -0.1) is 0 Å². The summed E-state index contributed by atoms with van der Waals surface area (Å²) >= 11 is 0. The molecule has 1 aromatic carbocycles. The van der Waals surface area contributed by atoms with E-state index in [9.17, 15) is 9.00 Å². The van der Waals surface area contributed by atoms with Crippen LogP contribution >= 0.6 is 0 Å². The zero-order valence-electron chi connectivity index (χ0n) is 12.3. The SMILES string of the molecule is CC(C)c1ccc(S(=O)CCn2cc(N)ccc2=O)cc1. The van der Waals surface area contributed by atoms with E-state index in [1.54, 1.807) is 12.3 Å². The van der Waals surface area contributed by atoms with Crippen LogP contribution in [0.15, 0.2) is 52.3 Å². The smallest absolute Gasteiger partial charge is 0.250 e. The van der Waals surface area contributed by atoms with Crippen molar-refractivity contribution in [3.8, 4) is 0 Å². The van der Waals surface area contributed by atoms with Crippen LogP contribution in [0.4, 0.5) is 5.69 Å². The van der Waals surface area contributed by atoms with Crippen molar-refractivity contribution in [2.24, 2.45) is 0 Å². The second-order valence-corrected chi connectivity index (χ2v) is 6.84. The first-order valence-electron chi connectivity index (χ1n) is 6.91. The first-order valence-corrected chi connectivity index (χ1v) is 8.23. The summed E-state index contributed by atoms with van der Waals surface area (Å²) in [6, 6.07) is 10.8. The maximum absolute atomic E-state index is 12.3. The normalized spacial score (nSPS) is 12.5. The van der Waals surface area contributed by atoms with Crippen LogP contribution in [0.2, 0.25) is 0 Å². The van der Waals surface area contributed by atoms with Crippen LogP contribution in [0.25, 0.3) is 0 Å². The predicted octanol–water partition coefficient (Wildman–Crippen LogP) is 2.36. The molecular weight excluding hydrogens is 284 g/mol. The number of aromatic nitrogens is 1. The fourth-order valence-electron chi connectivity index (χ4n) is 2.03. The molecule has 0 radical (unpaired) electrons. The maximum Gasteiger partial charge on any atom is 0.250 e. The summed E-state index contributed by atoms with van der Waals surface area (Å²) < 4.78 is 13.8. The molecule has 1 unspecified atom stereocenters. The van der Waals surface area contributed by atoms with Gasteiger partial charge in [-0.05, 0) is 29.7 Å². The molecule has 0 spiro atoms. The third-order valence-corrected chi connectivity index (χ3v) is 4.68. The van der Waals surface area contributed by atoms with Gasteiger partial charge in [0.1, 0.15) is 0 Å². The average molecular weight is 304 g/mol. The topological polar surface area (TPSA) is 65.1 Å². The Labute approximate surface area is 127 Å². The van der Waals surface area contributed by atoms with Gasteiger partial charge in [0, 0.05) is 35.1 Å². The van der Waals surface area contributed by atoms with Gasteiger partial charge < -0.3 is 10.3 Å². The van der Waals surface area contributed by atoms with E-state index in [0.717, 1.165) is 4.90 Å². The van der Waals surface area contributed by atoms with Crippen LogP contribution in [0.1, 0.15) is 25.3 Å². The van der Waals surface area contributed by atoms with Gasteiger partial charge in [-0.1, -0.05) is 26.0 Å². The summed E-state index contributed by atoms with van der Waals surface area (Å²) in [6.45, 7) is 4.64. The molecule has 0 amide bonds. The summed E-state index contributed by atoms with van der Waals surface area (Å²) in [7, 11) is -1.12. The molecule has 0 bridgehead atoms. The Bertz CT molecular complexity index is 690. The van der Waals surface area contributed by atoms with E-state index < -0.39 is 10.8 Å². The molecule has 0 aliphatic rings. The monoisotopic (exact) mass is 304 g/mol. The van der Waals surface area contributed by atoms with Gasteiger partial charge >= 0.3 is 0 Å². The molecule has 1 heterocycles. The van der Waals surface area contributed by atoms with Crippen LogP contribution in [-0.2, 0) is 17.3 Å². The van der Waals surface area contributed by atoms with Gasteiger partial charge in [0.25, 0.3) is 5.56 Å². The van der Waals surface area contributed by atoms with E-state index in [1.807, 2.05) is 24.3 Å². The summed E-state index contributed by atoms with van der Waals surface area (Å²) in [6.07, 6.45) is 1.58. The number of nitrogens with two attached hydrogens (primary N) is 1. The summed E-state index contributed by atoms with van der Waals surface area (Å²) in [4.78, 5) is 12.4. The number of nitrogens with zero attached hydrogens (tertiary/aromatic N) is 1. The number of benzene rings is 1. The minimum absolute atomic E-state index is 0.128. The molecule has 0 fully saturated rings. The third-order valence-electron chi connectivity index (χ3n) is 3.33. The lowest BCUT2D eigenvalue weighted by Gasteiger charge is -2.08. The fourth-order valence-corrected chi connectivity index (χ4v) is 3.07. The lowest BCUT2D eigenvalue weighted by Crippen LogP contribution is -2.21. The Morgan fingerprint density at radius 3 is 2.43 bits per heavy atom. The highest BCUT2D eigenvalue weighted by Crippen LogP contribution is 2.16. The molecular formula is C16H20N2O2S. The van der Waals surface area contributed by atoms with Crippen LogP contribution in [0.5, 0.6) is 0 Å². The van der Waals surface area contributed by atoms with E-state index in [0.29, 0.717) is 23.9 Å². The Morgan fingerprint density at radius 2 is 1.81 bits per heavy atom. The first kappa shape index (κ1) is 15.5. The van der Waals surface area contributed by atoms with Gasteiger partial charge in [0.15, 0.2) is 0 Å². The molecule has 2 N–H and O–H groups in total. The van der Waals surface area contributed by atoms with Crippen molar-refractivity contribution >= 4 is 16.5 Å². The van der Waals surface area contributed by atoms with Crippen molar-refractivity contribution in [2.75, 3.05) is 11.5 Å². The minimum Gasteiger partial charge on any atom is -0.398 e. The molecule has 2 aromatic rings. The molecule has 112 valence electrons. The molecule has 0 aliphatic heterocycles. The molecule has 0 aliphatic carbocycles. The summed E-state index contributed by atoms with van der Waals surface area (Å²) in [5.41, 5.74) is 7.28. The summed E-state index contributed by atoms with van der Waals surface area (Å²) in [5.74, 6) is 0.850. The van der Waals surface area contributed by atoms with Crippen molar-refractivity contribution in [1.82, 2.24) is 4.57 Å². The van der Waals surface area contributed by atoms with Crippen molar-refractivity contribution in [2.45, 2.75) is 31.2 Å². The highest BCUT2D eigenvalue weighted by molar-refractivity contribution is 7.85. The number of aryl methyl sites for hydroxylation is 1. The second kappa shape index (κ2) is 6.72. The number of hydrogen-bond acceptors (Lipinski definition) is 3. The maximum atomic E-state index is 12.3. The molecule has 2 rings (SSSR count). The summed E-state index contributed by atoms with van der Waals surface area (Å²) in [5, 5.41) is 0. The Hall–Kier alpha value is -1.88. The van der Waals surface area contributed by atoms with Gasteiger partial charge in [0.2, 0.25) is 0 Å². The Morgan fingerprint density at radius 1 is 1.14 bits per heavy atom. The minimum atomic E-state index is -1.12. The van der Waals surface area contributed by atoms with Crippen molar-refractivity contribution in [1.29, 1.82) is 0 Å².